The molecule has 0 saturated heterocycles. The number of carbonyl (C=O) groups is 1. The number of amidine groups is 1. The molecule has 1 aliphatic heterocycles. The Balaban J connectivity index is 1.77. The van der Waals surface area contributed by atoms with Gasteiger partial charge in [-0.1, -0.05) is 17.7 Å². The number of carbonyl (C=O) groups excluding carboxylic acids is 1. The molecule has 28 heavy (non-hydrogen) atoms. The Kier molecular flexibility index (Phi) is 6.67. The molecule has 1 aromatic rings. The first-order valence-corrected chi connectivity index (χ1v) is 9.11. The molecule has 1 unspecified atom stereocenters. The van der Waals surface area contributed by atoms with Gasteiger partial charge in [-0.3, -0.25) is 15.5 Å². The van der Waals surface area contributed by atoms with E-state index < -0.39 is 0 Å². The number of rotatable bonds is 5. The number of allylic oxidation sites excluding steroid dienone is 3. The lowest BCUT2D eigenvalue weighted by Crippen LogP contribution is -2.33. The van der Waals surface area contributed by atoms with Crippen LogP contribution < -0.4 is 10.7 Å². The van der Waals surface area contributed by atoms with Crippen LogP contribution in [0.3, 0.4) is 0 Å². The third-order valence-electron chi connectivity index (χ3n) is 3.91. The minimum absolute atomic E-state index is 0.113. The van der Waals surface area contributed by atoms with Gasteiger partial charge in [-0.15, -0.1) is 0 Å². The number of benzene rings is 1. The molecule has 9 heteroatoms. The highest BCUT2D eigenvalue weighted by molar-refractivity contribution is 6.30. The smallest absolute Gasteiger partial charge is 0.258 e. The fourth-order valence-electron chi connectivity index (χ4n) is 2.54. The third kappa shape index (κ3) is 5.11. The molecule has 0 aromatic heterocycles. The molecule has 7 nitrogen and oxygen atoms in total. The van der Waals surface area contributed by atoms with Gasteiger partial charge in [0.25, 0.3) is 5.91 Å². The number of nitrogens with one attached hydrogen (secondary N) is 2. The van der Waals surface area contributed by atoms with Crippen LogP contribution in [0, 0.1) is 5.92 Å². The van der Waals surface area contributed by atoms with Crippen molar-refractivity contribution in [3.05, 3.63) is 58.9 Å². The first-order valence-electron chi connectivity index (χ1n) is 8.73. The Labute approximate surface area is 166 Å². The topological polar surface area (TPSA) is 87.4 Å². The van der Waals surface area contributed by atoms with Gasteiger partial charge >= 0.3 is 0 Å². The predicted octanol–water partition coefficient (Wildman–Crippen LogP) is 2.86. The van der Waals surface area contributed by atoms with E-state index in [0.717, 1.165) is 0 Å². The summed E-state index contributed by atoms with van der Waals surface area (Å²) in [5.74, 6) is -0.507. The molecular formula is C19H19ClFN5O2. The molecule has 0 saturated carbocycles. The van der Waals surface area contributed by atoms with Crippen molar-refractivity contribution in [1.29, 1.82) is 0 Å². The van der Waals surface area contributed by atoms with E-state index in [1.54, 1.807) is 30.3 Å². The second-order valence-corrected chi connectivity index (χ2v) is 6.31. The van der Waals surface area contributed by atoms with Crippen LogP contribution in [0.5, 0.6) is 0 Å². The van der Waals surface area contributed by atoms with Crippen LogP contribution in [-0.4, -0.2) is 43.2 Å². The van der Waals surface area contributed by atoms with Gasteiger partial charge in [0.2, 0.25) is 5.96 Å². The first-order chi connectivity index (χ1) is 13.6. The summed E-state index contributed by atoms with van der Waals surface area (Å²) in [5, 5.41) is 7.28. The van der Waals surface area contributed by atoms with E-state index in [4.69, 9.17) is 16.3 Å². The maximum Gasteiger partial charge on any atom is 0.258 e. The molecule has 0 fully saturated rings. The first kappa shape index (κ1) is 19.9. The van der Waals surface area contributed by atoms with Crippen LogP contribution in [0.25, 0.3) is 0 Å². The molecule has 1 amide bonds. The van der Waals surface area contributed by atoms with Gasteiger partial charge in [0.15, 0.2) is 0 Å². The summed E-state index contributed by atoms with van der Waals surface area (Å²) in [6.07, 6.45) is 4.33. The summed E-state index contributed by atoms with van der Waals surface area (Å²) in [7, 11) is 0. The largest absolute Gasteiger partial charge is 0.380 e. The number of fused-ring (bicyclic) bond motifs is 1. The van der Waals surface area contributed by atoms with E-state index in [0.29, 0.717) is 41.9 Å². The lowest BCUT2D eigenvalue weighted by molar-refractivity contribution is 0.0976. The van der Waals surface area contributed by atoms with Gasteiger partial charge in [-0.05, 0) is 43.3 Å². The van der Waals surface area contributed by atoms with Crippen molar-refractivity contribution in [3.63, 3.8) is 0 Å². The fourth-order valence-corrected chi connectivity index (χ4v) is 2.66. The van der Waals surface area contributed by atoms with Crippen molar-refractivity contribution in [2.45, 2.75) is 6.92 Å². The van der Waals surface area contributed by atoms with Crippen LogP contribution >= 0.6 is 11.6 Å². The van der Waals surface area contributed by atoms with Crippen LogP contribution in [-0.2, 0) is 4.74 Å². The number of hydrogen-bond acceptors (Lipinski definition) is 4. The number of hydrogen-bond donors (Lipinski definition) is 2. The third-order valence-corrected chi connectivity index (χ3v) is 4.16. The molecule has 1 atom stereocenters. The van der Waals surface area contributed by atoms with Gasteiger partial charge in [0.1, 0.15) is 11.7 Å². The van der Waals surface area contributed by atoms with Gasteiger partial charge < -0.3 is 4.74 Å². The maximum absolute atomic E-state index is 13.4. The van der Waals surface area contributed by atoms with E-state index in [-0.39, 0.29) is 23.6 Å². The SMILES string of the molecule is CCOCCN=C(N=C1NN=C2C=C(F)C=CC21)NC(=O)c1ccc(Cl)cc1. The lowest BCUT2D eigenvalue weighted by atomic mass is 9.98. The monoisotopic (exact) mass is 403 g/mol. The number of aliphatic imine (C=N–C) groups is 2. The number of hydrazone groups is 1. The minimum atomic E-state index is -0.375. The van der Waals surface area contributed by atoms with E-state index in [9.17, 15) is 9.18 Å². The standard InChI is InChI=1S/C19H19ClFN5O2/c1-2-28-10-9-22-19(24-18(27)12-3-5-13(20)6-4-12)23-17-15-8-7-14(21)11-16(15)25-26-17/h3-8,11,15H,2,9-10H2,1H3,(H2,22,23,24,26,27). The molecule has 2 aliphatic rings. The number of amides is 1. The molecule has 0 bridgehead atoms. The summed E-state index contributed by atoms with van der Waals surface area (Å²) in [5.41, 5.74) is 3.69. The quantitative estimate of drug-likeness (QED) is 0.450. The molecular weight excluding hydrogens is 385 g/mol. The van der Waals surface area contributed by atoms with Gasteiger partial charge in [-0.25, -0.2) is 9.38 Å². The Bertz CT molecular complexity index is 890. The number of ether oxygens (including phenoxy) is 1. The average Bonchev–Trinajstić information content (AvgIpc) is 3.07. The van der Waals surface area contributed by atoms with Crippen LogP contribution in [0.2, 0.25) is 5.02 Å². The normalized spacial score (nSPS) is 19.8. The molecule has 1 aromatic carbocycles. The predicted molar refractivity (Wildman–Crippen MR) is 108 cm³/mol. The van der Waals surface area contributed by atoms with Crippen molar-refractivity contribution in [2.24, 2.45) is 21.0 Å². The van der Waals surface area contributed by atoms with Crippen molar-refractivity contribution in [2.75, 3.05) is 19.8 Å². The molecule has 2 N–H and O–H groups in total. The second kappa shape index (κ2) is 9.38. The Morgan fingerprint density at radius 3 is 2.93 bits per heavy atom. The van der Waals surface area contributed by atoms with Crippen LogP contribution in [0.1, 0.15) is 17.3 Å². The molecule has 3 rings (SSSR count). The van der Waals surface area contributed by atoms with Crippen molar-refractivity contribution in [3.8, 4) is 0 Å². The fraction of sp³-hybridized carbons (Fsp3) is 0.263. The summed E-state index contributed by atoms with van der Waals surface area (Å²) >= 11 is 5.86. The molecule has 0 spiro atoms. The summed E-state index contributed by atoms with van der Waals surface area (Å²) < 4.78 is 18.6. The lowest BCUT2D eigenvalue weighted by Gasteiger charge is -2.11. The zero-order chi connectivity index (χ0) is 19.9. The zero-order valence-electron chi connectivity index (χ0n) is 15.2. The molecule has 1 heterocycles. The number of halogens is 2. The average molecular weight is 404 g/mol. The Morgan fingerprint density at radius 2 is 2.18 bits per heavy atom. The van der Waals surface area contributed by atoms with Crippen LogP contribution in [0.4, 0.5) is 4.39 Å². The van der Waals surface area contributed by atoms with Crippen molar-refractivity contribution < 1.29 is 13.9 Å². The number of guanidine groups is 1. The second-order valence-electron chi connectivity index (χ2n) is 5.87. The van der Waals surface area contributed by atoms with Crippen molar-refractivity contribution >= 4 is 35.0 Å². The zero-order valence-corrected chi connectivity index (χ0v) is 15.9. The summed E-state index contributed by atoms with van der Waals surface area (Å²) in [4.78, 5) is 21.2. The van der Waals surface area contributed by atoms with Gasteiger partial charge in [-0.2, -0.15) is 10.1 Å². The van der Waals surface area contributed by atoms with E-state index >= 15 is 0 Å². The molecule has 1 aliphatic carbocycles. The Hall–Kier alpha value is -2.84. The van der Waals surface area contributed by atoms with Crippen LogP contribution in [0.15, 0.2) is 63.4 Å². The maximum atomic E-state index is 13.4. The molecule has 146 valence electrons. The molecule has 0 radical (unpaired) electrons. The van der Waals surface area contributed by atoms with Gasteiger partial charge in [0.05, 0.1) is 24.8 Å². The highest BCUT2D eigenvalue weighted by Gasteiger charge is 2.27. The van der Waals surface area contributed by atoms with E-state index in [2.05, 4.69) is 25.8 Å². The summed E-state index contributed by atoms with van der Waals surface area (Å²) in [6.45, 7) is 3.17. The van der Waals surface area contributed by atoms with E-state index in [1.165, 1.54) is 12.2 Å². The van der Waals surface area contributed by atoms with E-state index in [1.807, 2.05) is 6.92 Å². The summed E-state index contributed by atoms with van der Waals surface area (Å²) in [6, 6.07) is 6.46. The van der Waals surface area contributed by atoms with Crippen molar-refractivity contribution in [1.82, 2.24) is 10.7 Å². The highest BCUT2D eigenvalue weighted by Crippen LogP contribution is 2.19. The highest BCUT2D eigenvalue weighted by atomic mass is 35.5. The van der Waals surface area contributed by atoms with Gasteiger partial charge in [0, 0.05) is 17.2 Å². The Morgan fingerprint density at radius 1 is 1.39 bits per heavy atom. The number of nitrogens with zero attached hydrogens (tertiary/aromatic N) is 3. The minimum Gasteiger partial charge on any atom is -0.380 e.